The van der Waals surface area contributed by atoms with E-state index in [4.69, 9.17) is 9.97 Å². The van der Waals surface area contributed by atoms with Crippen molar-refractivity contribution in [2.24, 2.45) is 5.92 Å². The number of rotatable bonds is 9. The smallest absolute Gasteiger partial charge is 0.196 e. The molecular formula is C26H38N6O2S. The third-order valence-corrected chi connectivity index (χ3v) is 7.82. The second-order valence-corrected chi connectivity index (χ2v) is 10.8. The van der Waals surface area contributed by atoms with Gasteiger partial charge in [0.05, 0.1) is 13.1 Å². The van der Waals surface area contributed by atoms with Gasteiger partial charge in [-0.15, -0.1) is 0 Å². The fraction of sp³-hybridized carbons (Fsp3) is 0.462. The van der Waals surface area contributed by atoms with Crippen LogP contribution in [0.4, 0.5) is 17.5 Å². The monoisotopic (exact) mass is 498 g/mol. The van der Waals surface area contributed by atoms with Crippen molar-refractivity contribution in [3.8, 4) is 0 Å². The van der Waals surface area contributed by atoms with Gasteiger partial charge in [-0.3, -0.25) is 9.89 Å². The number of hydrogen-bond acceptors (Lipinski definition) is 8. The van der Waals surface area contributed by atoms with Crippen LogP contribution in [0.1, 0.15) is 54.6 Å². The molecule has 5 rings (SSSR count). The number of nitrogens with one attached hydrogen (secondary N) is 2. The number of H-pyrrole nitrogens is 1. The maximum atomic E-state index is 11.7. The minimum atomic E-state index is -0.618. The summed E-state index contributed by atoms with van der Waals surface area (Å²) in [7, 11) is 0. The molecule has 0 atom stereocenters. The molecule has 0 spiro atoms. The molecule has 190 valence electrons. The molecule has 3 heterocycles. The molecule has 1 saturated heterocycles. The van der Waals surface area contributed by atoms with E-state index >= 15 is 0 Å². The second kappa shape index (κ2) is 9.99. The Labute approximate surface area is 214 Å². The van der Waals surface area contributed by atoms with E-state index in [1.165, 1.54) is 24.6 Å². The highest BCUT2D eigenvalue weighted by Gasteiger charge is 2.48. The zero-order valence-electron chi connectivity index (χ0n) is 20.3. The average molecular weight is 499 g/mol. The summed E-state index contributed by atoms with van der Waals surface area (Å²) in [4.78, 5) is 24.4. The SMILES string of the molecule is CCC(=O)Cc1ccc(Sc2nc(Nc3cc(C)[nH]n3)cc(N3CC(O)(C4CCCC4)C3)n2)cc1.[HH].[HH].[HH]. The highest BCUT2D eigenvalue weighted by Crippen LogP contribution is 2.41. The maximum absolute atomic E-state index is 11.7. The van der Waals surface area contributed by atoms with E-state index in [2.05, 4.69) is 20.4 Å². The molecule has 0 unspecified atom stereocenters. The third-order valence-electron chi connectivity index (χ3n) is 6.95. The van der Waals surface area contributed by atoms with Crippen LogP contribution < -0.4 is 10.2 Å². The molecule has 0 amide bonds. The lowest BCUT2D eigenvalue weighted by atomic mass is 9.79. The number of aromatic nitrogens is 4. The first-order valence-electron chi connectivity index (χ1n) is 12.3. The Hall–Kier alpha value is -2.91. The van der Waals surface area contributed by atoms with Gasteiger partial charge >= 0.3 is 0 Å². The molecule has 1 aliphatic carbocycles. The van der Waals surface area contributed by atoms with Crippen molar-refractivity contribution >= 4 is 35.0 Å². The van der Waals surface area contributed by atoms with Gasteiger partial charge < -0.3 is 15.3 Å². The Balaban J connectivity index is 0.00000169. The van der Waals surface area contributed by atoms with Gasteiger partial charge in [-0.2, -0.15) is 5.10 Å². The number of aromatic amines is 1. The van der Waals surface area contributed by atoms with Crippen LogP contribution in [0.25, 0.3) is 0 Å². The summed E-state index contributed by atoms with van der Waals surface area (Å²) in [6.07, 6.45) is 5.66. The van der Waals surface area contributed by atoms with Gasteiger partial charge in [-0.1, -0.05) is 31.9 Å². The Morgan fingerprint density at radius 1 is 1.20 bits per heavy atom. The van der Waals surface area contributed by atoms with Crippen LogP contribution >= 0.6 is 11.8 Å². The lowest BCUT2D eigenvalue weighted by Crippen LogP contribution is -2.65. The summed E-state index contributed by atoms with van der Waals surface area (Å²) in [5.41, 5.74) is 1.36. The molecular weight excluding hydrogens is 460 g/mol. The zero-order chi connectivity index (χ0) is 24.4. The zero-order valence-corrected chi connectivity index (χ0v) is 21.1. The van der Waals surface area contributed by atoms with Gasteiger partial charge in [0.2, 0.25) is 0 Å². The summed E-state index contributed by atoms with van der Waals surface area (Å²) >= 11 is 1.48. The Morgan fingerprint density at radius 3 is 2.60 bits per heavy atom. The maximum Gasteiger partial charge on any atom is 0.196 e. The van der Waals surface area contributed by atoms with Crippen LogP contribution in [0.3, 0.4) is 0 Å². The van der Waals surface area contributed by atoms with Crippen LogP contribution in [0.15, 0.2) is 46.5 Å². The first-order chi connectivity index (χ1) is 16.9. The molecule has 0 radical (unpaired) electrons. The van der Waals surface area contributed by atoms with Gasteiger partial charge in [0, 0.05) is 39.8 Å². The summed E-state index contributed by atoms with van der Waals surface area (Å²) in [5, 5.41) is 22.2. The fourth-order valence-electron chi connectivity index (χ4n) is 4.93. The van der Waals surface area contributed by atoms with Crippen molar-refractivity contribution in [3.05, 3.63) is 47.7 Å². The van der Waals surface area contributed by atoms with Crippen molar-refractivity contribution < 1.29 is 14.2 Å². The number of aryl methyl sites for hydroxylation is 1. The predicted molar refractivity (Wildman–Crippen MR) is 144 cm³/mol. The van der Waals surface area contributed by atoms with Crippen LogP contribution in [0, 0.1) is 12.8 Å². The quantitative estimate of drug-likeness (QED) is 0.337. The summed E-state index contributed by atoms with van der Waals surface area (Å²) in [5.74, 6) is 2.77. The molecule has 2 fully saturated rings. The first-order valence-corrected chi connectivity index (χ1v) is 13.2. The molecule has 2 aromatic heterocycles. The van der Waals surface area contributed by atoms with E-state index in [-0.39, 0.29) is 10.1 Å². The number of β-amino-alcohol motifs (C(OH)–C–C–N with tert-alkyl or cyclic N) is 1. The largest absolute Gasteiger partial charge is 0.386 e. The van der Waals surface area contributed by atoms with Gasteiger partial charge in [-0.25, -0.2) is 9.97 Å². The van der Waals surface area contributed by atoms with Crippen LogP contribution in [-0.2, 0) is 11.2 Å². The minimum absolute atomic E-state index is 0. The predicted octanol–water partition coefficient (Wildman–Crippen LogP) is 5.40. The molecule has 3 N–H and O–H groups in total. The van der Waals surface area contributed by atoms with E-state index in [1.807, 2.05) is 50.2 Å². The van der Waals surface area contributed by atoms with Crippen LogP contribution in [0.5, 0.6) is 0 Å². The number of Topliss-reactive ketones (excluding diaryl/α,β-unsaturated/α-hetero) is 1. The molecule has 3 aromatic rings. The van der Waals surface area contributed by atoms with E-state index in [1.54, 1.807) is 0 Å². The minimum Gasteiger partial charge on any atom is -0.386 e. The van der Waals surface area contributed by atoms with Gasteiger partial charge in [-0.05, 0) is 55.1 Å². The number of anilines is 3. The van der Waals surface area contributed by atoms with Crippen LogP contribution in [-0.4, -0.2) is 49.7 Å². The molecule has 1 saturated carbocycles. The topological polar surface area (TPSA) is 107 Å². The number of carbonyl (C=O) groups is 1. The lowest BCUT2D eigenvalue weighted by Gasteiger charge is -2.50. The number of aliphatic hydroxyl groups is 1. The first kappa shape index (κ1) is 23.8. The van der Waals surface area contributed by atoms with E-state index < -0.39 is 5.60 Å². The van der Waals surface area contributed by atoms with E-state index in [9.17, 15) is 9.90 Å². The second-order valence-electron chi connectivity index (χ2n) is 9.71. The van der Waals surface area contributed by atoms with Crippen molar-refractivity contribution in [1.82, 2.24) is 20.2 Å². The van der Waals surface area contributed by atoms with Gasteiger partial charge in [0.25, 0.3) is 0 Å². The number of ketones is 1. The molecule has 0 bridgehead atoms. The summed E-state index contributed by atoms with van der Waals surface area (Å²) in [6.45, 7) is 5.03. The van der Waals surface area contributed by atoms with Gasteiger partial charge in [0.1, 0.15) is 23.0 Å². The molecule has 2 aliphatic rings. The number of hydrogen-bond donors (Lipinski definition) is 3. The van der Waals surface area contributed by atoms with Crippen molar-refractivity contribution in [1.29, 1.82) is 0 Å². The molecule has 8 nitrogen and oxygen atoms in total. The van der Waals surface area contributed by atoms with Crippen molar-refractivity contribution in [3.63, 3.8) is 0 Å². The molecule has 9 heteroatoms. The van der Waals surface area contributed by atoms with Crippen molar-refractivity contribution in [2.45, 2.75) is 68.0 Å². The highest BCUT2D eigenvalue weighted by atomic mass is 32.2. The fourth-order valence-corrected chi connectivity index (χ4v) is 5.70. The highest BCUT2D eigenvalue weighted by molar-refractivity contribution is 7.99. The van der Waals surface area contributed by atoms with Crippen LogP contribution in [0.2, 0.25) is 0 Å². The van der Waals surface area contributed by atoms with E-state index in [0.717, 1.165) is 34.8 Å². The van der Waals surface area contributed by atoms with Crippen molar-refractivity contribution in [2.75, 3.05) is 23.3 Å². The number of benzene rings is 1. The molecule has 35 heavy (non-hydrogen) atoms. The van der Waals surface area contributed by atoms with E-state index in [0.29, 0.717) is 48.6 Å². The van der Waals surface area contributed by atoms with Gasteiger partial charge in [0.15, 0.2) is 11.0 Å². The normalized spacial score (nSPS) is 17.4. The molecule has 1 aromatic carbocycles. The Kier molecular flexibility index (Phi) is 6.80. The standard InChI is InChI=1S/C26H32N6O2S.3H2/c1-3-20(33)13-18-8-10-21(11-9-18)35-25-28-22(27-23-12-17(2)30-31-23)14-24(29-25)32-15-26(34,16-32)19-6-4-5-7-19;;;/h8-12,14,19,34H,3-7,13,15-16H2,1-2H3,(H2,27,28,29,30,31);3*1H. The summed E-state index contributed by atoms with van der Waals surface area (Å²) in [6, 6.07) is 11.8. The Bertz CT molecular complexity index is 1200. The third kappa shape index (κ3) is 5.51. The molecule has 1 aliphatic heterocycles. The summed E-state index contributed by atoms with van der Waals surface area (Å²) < 4.78 is 0. The Morgan fingerprint density at radius 2 is 1.94 bits per heavy atom. The number of nitrogens with zero attached hydrogens (tertiary/aromatic N) is 4. The lowest BCUT2D eigenvalue weighted by molar-refractivity contribution is -0.118. The number of carbonyl (C=O) groups excluding carboxylic acids is 1. The average Bonchev–Trinajstić information content (AvgIpc) is 3.50.